The highest BCUT2D eigenvalue weighted by molar-refractivity contribution is 7.99. The summed E-state index contributed by atoms with van der Waals surface area (Å²) >= 11 is 2.08. The molecular formula is C12H25NOS. The minimum absolute atomic E-state index is 0.529. The second-order valence-corrected chi connectivity index (χ2v) is 6.56. The van der Waals surface area contributed by atoms with Gasteiger partial charge in [-0.25, -0.2) is 0 Å². The molecule has 1 saturated carbocycles. The number of rotatable bonds is 6. The first-order valence-corrected chi connectivity index (χ1v) is 7.15. The van der Waals surface area contributed by atoms with Gasteiger partial charge in [-0.15, -0.1) is 0 Å². The van der Waals surface area contributed by atoms with Crippen molar-refractivity contribution in [2.45, 2.75) is 63.3 Å². The molecule has 0 bridgehead atoms. The molecule has 0 aromatic heterocycles. The smallest absolute Gasteiger partial charge is 0.0603 e. The van der Waals surface area contributed by atoms with E-state index in [9.17, 15) is 5.11 Å². The van der Waals surface area contributed by atoms with Crippen LogP contribution in [0.4, 0.5) is 0 Å². The zero-order chi connectivity index (χ0) is 11.3. The largest absolute Gasteiger partial charge is 0.390 e. The van der Waals surface area contributed by atoms with Crippen LogP contribution < -0.4 is 5.32 Å². The Kier molecular flexibility index (Phi) is 5.44. The average molecular weight is 231 g/mol. The molecule has 1 aliphatic carbocycles. The lowest BCUT2D eigenvalue weighted by Crippen LogP contribution is -2.37. The fourth-order valence-electron chi connectivity index (χ4n) is 2.14. The summed E-state index contributed by atoms with van der Waals surface area (Å²) in [6.07, 6.45) is 4.87. The maximum absolute atomic E-state index is 9.62. The maximum Gasteiger partial charge on any atom is 0.0603 e. The number of thioether (sulfide) groups is 1. The van der Waals surface area contributed by atoms with Crippen molar-refractivity contribution in [1.29, 1.82) is 0 Å². The molecule has 2 atom stereocenters. The Morgan fingerprint density at radius 2 is 2.13 bits per heavy atom. The number of hydrogen-bond acceptors (Lipinski definition) is 3. The van der Waals surface area contributed by atoms with Crippen LogP contribution in [0.3, 0.4) is 0 Å². The molecule has 2 unspecified atom stereocenters. The van der Waals surface area contributed by atoms with Crippen LogP contribution in [-0.4, -0.2) is 34.3 Å². The van der Waals surface area contributed by atoms with E-state index in [4.69, 9.17) is 0 Å². The molecule has 0 aliphatic heterocycles. The van der Waals surface area contributed by atoms with Gasteiger partial charge < -0.3 is 10.4 Å². The van der Waals surface area contributed by atoms with Crippen molar-refractivity contribution in [3.05, 3.63) is 0 Å². The normalized spacial score (nSPS) is 27.2. The van der Waals surface area contributed by atoms with E-state index < -0.39 is 5.60 Å². The standard InChI is InChI=1S/C12H25NOS/c1-4-15-11-7-5-6-10(11)13-9-8-12(2,3)14/h10-11,13-14H,4-9H2,1-3H3. The van der Waals surface area contributed by atoms with Gasteiger partial charge in [0.15, 0.2) is 0 Å². The van der Waals surface area contributed by atoms with Gasteiger partial charge in [-0.1, -0.05) is 13.3 Å². The molecule has 15 heavy (non-hydrogen) atoms. The fraction of sp³-hybridized carbons (Fsp3) is 1.00. The fourth-order valence-corrected chi connectivity index (χ4v) is 3.36. The lowest BCUT2D eigenvalue weighted by atomic mass is 10.1. The molecular weight excluding hydrogens is 206 g/mol. The summed E-state index contributed by atoms with van der Waals surface area (Å²) in [7, 11) is 0. The molecule has 0 saturated heterocycles. The van der Waals surface area contributed by atoms with E-state index in [0.29, 0.717) is 6.04 Å². The molecule has 0 heterocycles. The summed E-state index contributed by atoms with van der Waals surface area (Å²) in [5.41, 5.74) is -0.529. The van der Waals surface area contributed by atoms with Gasteiger partial charge in [-0.05, 0) is 45.4 Å². The predicted octanol–water partition coefficient (Wildman–Crippen LogP) is 2.41. The van der Waals surface area contributed by atoms with Gasteiger partial charge in [0, 0.05) is 11.3 Å². The van der Waals surface area contributed by atoms with E-state index in [0.717, 1.165) is 18.2 Å². The Morgan fingerprint density at radius 3 is 2.73 bits per heavy atom. The van der Waals surface area contributed by atoms with Crippen molar-refractivity contribution in [3.63, 3.8) is 0 Å². The Bertz CT molecular complexity index is 179. The summed E-state index contributed by atoms with van der Waals surface area (Å²) in [5.74, 6) is 1.22. The molecule has 1 fully saturated rings. The van der Waals surface area contributed by atoms with Crippen LogP contribution in [0, 0.1) is 0 Å². The van der Waals surface area contributed by atoms with Crippen molar-refractivity contribution in [2.75, 3.05) is 12.3 Å². The van der Waals surface area contributed by atoms with Crippen LogP contribution in [0.5, 0.6) is 0 Å². The zero-order valence-corrected chi connectivity index (χ0v) is 11.1. The third-order valence-electron chi connectivity index (χ3n) is 2.98. The maximum atomic E-state index is 9.62. The van der Waals surface area contributed by atoms with Crippen LogP contribution in [0.25, 0.3) is 0 Å². The van der Waals surface area contributed by atoms with E-state index in [2.05, 4.69) is 24.0 Å². The molecule has 2 nitrogen and oxygen atoms in total. The van der Waals surface area contributed by atoms with Crippen molar-refractivity contribution in [1.82, 2.24) is 5.32 Å². The van der Waals surface area contributed by atoms with E-state index in [1.165, 1.54) is 25.0 Å². The third-order valence-corrected chi connectivity index (χ3v) is 4.30. The van der Waals surface area contributed by atoms with Gasteiger partial charge in [0.25, 0.3) is 0 Å². The highest BCUT2D eigenvalue weighted by atomic mass is 32.2. The molecule has 3 heteroatoms. The van der Waals surface area contributed by atoms with Crippen LogP contribution in [0.2, 0.25) is 0 Å². The summed E-state index contributed by atoms with van der Waals surface area (Å²) in [6, 6.07) is 0.678. The number of aliphatic hydroxyl groups is 1. The Hall–Kier alpha value is 0.270. The van der Waals surface area contributed by atoms with E-state index in [1.807, 2.05) is 13.8 Å². The lowest BCUT2D eigenvalue weighted by Gasteiger charge is -2.23. The Balaban J connectivity index is 2.20. The van der Waals surface area contributed by atoms with Crippen LogP contribution in [0.1, 0.15) is 46.5 Å². The summed E-state index contributed by atoms with van der Waals surface area (Å²) < 4.78 is 0. The van der Waals surface area contributed by atoms with Crippen LogP contribution in [-0.2, 0) is 0 Å². The van der Waals surface area contributed by atoms with Gasteiger partial charge in [0.1, 0.15) is 0 Å². The van der Waals surface area contributed by atoms with Gasteiger partial charge in [-0.3, -0.25) is 0 Å². The first-order valence-electron chi connectivity index (χ1n) is 6.10. The highest BCUT2D eigenvalue weighted by Crippen LogP contribution is 2.29. The Morgan fingerprint density at radius 1 is 1.40 bits per heavy atom. The molecule has 0 amide bonds. The SMILES string of the molecule is CCSC1CCCC1NCCC(C)(C)O. The van der Waals surface area contributed by atoms with Crippen molar-refractivity contribution in [3.8, 4) is 0 Å². The summed E-state index contributed by atoms with van der Waals surface area (Å²) in [6.45, 7) is 6.93. The molecule has 0 aromatic carbocycles. The zero-order valence-electron chi connectivity index (χ0n) is 10.3. The second-order valence-electron chi connectivity index (χ2n) is 5.05. The van der Waals surface area contributed by atoms with E-state index in [1.54, 1.807) is 0 Å². The van der Waals surface area contributed by atoms with Crippen molar-refractivity contribution in [2.24, 2.45) is 0 Å². The van der Waals surface area contributed by atoms with Crippen LogP contribution >= 0.6 is 11.8 Å². The number of nitrogens with one attached hydrogen (secondary N) is 1. The molecule has 0 spiro atoms. The topological polar surface area (TPSA) is 32.3 Å². The quantitative estimate of drug-likeness (QED) is 0.736. The van der Waals surface area contributed by atoms with Crippen molar-refractivity contribution < 1.29 is 5.11 Å². The molecule has 0 aromatic rings. The molecule has 2 N–H and O–H groups in total. The van der Waals surface area contributed by atoms with Crippen molar-refractivity contribution >= 4 is 11.8 Å². The summed E-state index contributed by atoms with van der Waals surface area (Å²) in [4.78, 5) is 0. The minimum Gasteiger partial charge on any atom is -0.390 e. The van der Waals surface area contributed by atoms with E-state index in [-0.39, 0.29) is 0 Å². The first kappa shape index (κ1) is 13.3. The first-order chi connectivity index (χ1) is 7.03. The van der Waals surface area contributed by atoms with Gasteiger partial charge in [0.2, 0.25) is 0 Å². The minimum atomic E-state index is -0.529. The lowest BCUT2D eigenvalue weighted by molar-refractivity contribution is 0.0705. The molecule has 0 radical (unpaired) electrons. The van der Waals surface area contributed by atoms with E-state index >= 15 is 0 Å². The molecule has 1 rings (SSSR count). The second kappa shape index (κ2) is 6.12. The third kappa shape index (κ3) is 5.23. The number of hydrogen-bond donors (Lipinski definition) is 2. The van der Waals surface area contributed by atoms with Gasteiger partial charge in [-0.2, -0.15) is 11.8 Å². The Labute approximate surface area is 98.2 Å². The molecule has 90 valence electrons. The monoisotopic (exact) mass is 231 g/mol. The molecule has 1 aliphatic rings. The predicted molar refractivity (Wildman–Crippen MR) is 68.5 cm³/mol. The van der Waals surface area contributed by atoms with Gasteiger partial charge in [0.05, 0.1) is 5.60 Å². The van der Waals surface area contributed by atoms with Gasteiger partial charge >= 0.3 is 0 Å². The van der Waals surface area contributed by atoms with Crippen LogP contribution in [0.15, 0.2) is 0 Å². The highest BCUT2D eigenvalue weighted by Gasteiger charge is 2.26. The average Bonchev–Trinajstić information content (AvgIpc) is 2.51. The summed E-state index contributed by atoms with van der Waals surface area (Å²) in [5, 5.41) is 14.0.